The molecular weight excluding hydrogens is 847 g/mol. The van der Waals surface area contributed by atoms with Crippen LogP contribution in [0.15, 0.2) is 132 Å². The van der Waals surface area contributed by atoms with Crippen molar-refractivity contribution in [3.05, 3.63) is 177 Å². The second-order valence-corrected chi connectivity index (χ2v) is 15.7. The van der Waals surface area contributed by atoms with Gasteiger partial charge in [0.1, 0.15) is 17.7 Å². The van der Waals surface area contributed by atoms with Crippen molar-refractivity contribution in [2.24, 2.45) is 9.98 Å². The number of anilines is 1. The SMILES string of the molecule is COCCOCCCc1ccc2c(c1)CC(c1ccc3c(c1)CC(c1ccccn1)=N3)=N2.COCCOCCCc1ccc2nc(-c3ccc(N)c([N+](=O)[O-])c3)[nH]c2c1.[C-]#[N+]c1ccccn1. The summed E-state index contributed by atoms with van der Waals surface area (Å²) >= 11 is 0. The van der Waals surface area contributed by atoms with Crippen LogP contribution in [0, 0.1) is 16.7 Å². The maximum atomic E-state index is 11.1. The third-order valence-electron chi connectivity index (χ3n) is 10.9. The summed E-state index contributed by atoms with van der Waals surface area (Å²) in [7, 11) is 3.35. The number of benzene rings is 4. The number of nitrogens with two attached hydrogens (primary N) is 1. The molecule has 4 aromatic carbocycles. The number of nitro groups is 1. The van der Waals surface area contributed by atoms with E-state index in [1.807, 2.05) is 42.6 Å². The largest absolute Gasteiger partial charge is 0.393 e. The first-order valence-electron chi connectivity index (χ1n) is 22.1. The minimum absolute atomic E-state index is 0.123. The molecule has 0 aliphatic carbocycles. The van der Waals surface area contributed by atoms with E-state index in [4.69, 9.17) is 41.2 Å². The molecule has 342 valence electrons. The monoisotopic (exact) mass is 899 g/mol. The molecular formula is C52H53N9O6. The van der Waals surface area contributed by atoms with Gasteiger partial charge in [0, 0.05) is 58.1 Å². The molecule has 0 amide bonds. The highest BCUT2D eigenvalue weighted by Gasteiger charge is 2.21. The number of hydrogen-bond acceptors (Lipinski definition) is 12. The molecule has 0 radical (unpaired) electrons. The number of H-pyrrole nitrogens is 1. The van der Waals surface area contributed by atoms with E-state index >= 15 is 0 Å². The summed E-state index contributed by atoms with van der Waals surface area (Å²) in [6, 6.07) is 35.1. The van der Waals surface area contributed by atoms with E-state index in [1.165, 1.54) is 39.9 Å². The van der Waals surface area contributed by atoms with Gasteiger partial charge in [-0.1, -0.05) is 43.0 Å². The number of aromatic nitrogens is 4. The van der Waals surface area contributed by atoms with Gasteiger partial charge in [0.25, 0.3) is 11.5 Å². The summed E-state index contributed by atoms with van der Waals surface area (Å²) in [5.74, 6) is 1.03. The van der Waals surface area contributed by atoms with E-state index in [-0.39, 0.29) is 11.4 Å². The molecule has 15 nitrogen and oxygen atoms in total. The zero-order valence-electron chi connectivity index (χ0n) is 37.7. The predicted molar refractivity (Wildman–Crippen MR) is 262 cm³/mol. The van der Waals surface area contributed by atoms with E-state index in [9.17, 15) is 10.1 Å². The number of nitrogens with zero attached hydrogens (tertiary/aromatic N) is 7. The van der Waals surface area contributed by atoms with Gasteiger partial charge in [0.15, 0.2) is 0 Å². The number of methoxy groups -OCH3 is 2. The molecule has 9 rings (SSSR count). The second kappa shape index (κ2) is 24.2. The molecule has 0 spiro atoms. The first-order chi connectivity index (χ1) is 32.8. The number of nitrogen functional groups attached to an aromatic ring is 1. The van der Waals surface area contributed by atoms with E-state index in [2.05, 4.69) is 61.2 Å². The van der Waals surface area contributed by atoms with Crippen LogP contribution in [-0.4, -0.2) is 90.1 Å². The molecule has 3 N–H and O–H groups in total. The minimum Gasteiger partial charge on any atom is -0.393 e. The Kier molecular flexibility index (Phi) is 17.1. The topological polar surface area (TPSA) is 190 Å². The van der Waals surface area contributed by atoms with Crippen molar-refractivity contribution in [3.8, 4) is 11.4 Å². The molecule has 0 saturated carbocycles. The second-order valence-electron chi connectivity index (χ2n) is 15.7. The molecule has 0 bridgehead atoms. The summed E-state index contributed by atoms with van der Waals surface area (Å²) in [6.07, 6.45) is 8.96. The van der Waals surface area contributed by atoms with Crippen LogP contribution in [-0.2, 0) is 44.6 Å². The first-order valence-corrected chi connectivity index (χ1v) is 22.1. The van der Waals surface area contributed by atoms with Gasteiger partial charge in [-0.3, -0.25) is 25.1 Å². The van der Waals surface area contributed by atoms with Crippen LogP contribution in [0.25, 0.3) is 27.3 Å². The van der Waals surface area contributed by atoms with Gasteiger partial charge in [0.2, 0.25) is 0 Å². The fourth-order valence-corrected chi connectivity index (χ4v) is 7.50. The maximum Gasteiger partial charge on any atom is 0.292 e. The molecule has 15 heteroatoms. The standard InChI is InChI=1S/C27H27N3O2.C19H22N4O4.C6H4N2/c1-31-13-14-32-12-4-5-19-7-9-23-21(15-19)17-26(29-23)20-8-10-24-22(16-20)18-27(30-24)25-6-2-3-11-28-25;1-26-9-10-27-8-2-3-13-4-7-16-17(11-13)22-19(21-16)14-5-6-15(20)18(12-14)23(24)25;1-7-6-4-2-3-5-8-6/h2-3,6-11,15-16H,4-5,12-14,17-18H2,1H3;4-7,11-12H,2-3,8-10,20H2,1H3,(H,21,22);2-5H. The number of pyridine rings is 2. The average molecular weight is 900 g/mol. The summed E-state index contributed by atoms with van der Waals surface area (Å²) < 4.78 is 21.0. The van der Waals surface area contributed by atoms with Crippen molar-refractivity contribution in [2.45, 2.75) is 38.5 Å². The lowest BCUT2D eigenvalue weighted by atomic mass is 9.98. The lowest BCUT2D eigenvalue weighted by Gasteiger charge is -2.06. The zero-order valence-corrected chi connectivity index (χ0v) is 37.7. The number of ether oxygens (including phenoxy) is 4. The lowest BCUT2D eigenvalue weighted by molar-refractivity contribution is -0.383. The molecule has 2 aliphatic heterocycles. The number of aliphatic imine (C=N–C) groups is 2. The number of rotatable bonds is 18. The molecule has 0 atom stereocenters. The Balaban J connectivity index is 0.000000172. The van der Waals surface area contributed by atoms with Crippen molar-refractivity contribution in [1.82, 2.24) is 19.9 Å². The van der Waals surface area contributed by atoms with Gasteiger partial charge >= 0.3 is 0 Å². The van der Waals surface area contributed by atoms with Gasteiger partial charge < -0.3 is 34.5 Å². The van der Waals surface area contributed by atoms with Gasteiger partial charge in [0.05, 0.1) is 70.9 Å². The fourth-order valence-electron chi connectivity index (χ4n) is 7.50. The molecule has 0 fully saturated rings. The van der Waals surface area contributed by atoms with Crippen LogP contribution in [0.4, 0.5) is 28.6 Å². The van der Waals surface area contributed by atoms with Crippen LogP contribution in [0.2, 0.25) is 0 Å². The number of aryl methyl sites for hydroxylation is 2. The number of fused-ring (bicyclic) bond motifs is 3. The van der Waals surface area contributed by atoms with Gasteiger partial charge in [-0.05, 0) is 120 Å². The molecule has 3 aromatic heterocycles. The Hall–Kier alpha value is -7.48. The number of nitro benzene ring substituents is 1. The van der Waals surface area contributed by atoms with Crippen molar-refractivity contribution in [1.29, 1.82) is 0 Å². The summed E-state index contributed by atoms with van der Waals surface area (Å²) in [5.41, 5.74) is 19.5. The molecule has 0 unspecified atom stereocenters. The summed E-state index contributed by atoms with van der Waals surface area (Å²) in [4.78, 5) is 39.4. The highest BCUT2D eigenvalue weighted by molar-refractivity contribution is 6.09. The Bertz CT molecular complexity index is 2860. The van der Waals surface area contributed by atoms with E-state index < -0.39 is 4.92 Å². The number of nitrogens with one attached hydrogen (secondary N) is 1. The van der Waals surface area contributed by atoms with Crippen molar-refractivity contribution in [2.75, 3.05) is 59.6 Å². The molecule has 67 heavy (non-hydrogen) atoms. The van der Waals surface area contributed by atoms with Crippen LogP contribution < -0.4 is 5.73 Å². The third kappa shape index (κ3) is 13.3. The van der Waals surface area contributed by atoms with E-state index in [0.717, 1.165) is 84.7 Å². The van der Waals surface area contributed by atoms with Crippen LogP contribution in [0.5, 0.6) is 0 Å². The van der Waals surface area contributed by atoms with Crippen molar-refractivity contribution in [3.63, 3.8) is 0 Å². The number of hydrogen-bond donors (Lipinski definition) is 2. The van der Waals surface area contributed by atoms with Crippen LogP contribution in [0.3, 0.4) is 0 Å². The summed E-state index contributed by atoms with van der Waals surface area (Å²) in [5, 5.41) is 11.1. The zero-order chi connectivity index (χ0) is 46.8. The van der Waals surface area contributed by atoms with Crippen molar-refractivity contribution < 1.29 is 23.9 Å². The number of imidazole rings is 1. The Morgan fingerprint density at radius 2 is 1.34 bits per heavy atom. The average Bonchev–Trinajstić information content (AvgIpc) is 4.11. The highest BCUT2D eigenvalue weighted by Crippen LogP contribution is 2.34. The van der Waals surface area contributed by atoms with Crippen LogP contribution >= 0.6 is 0 Å². The number of aromatic amines is 1. The predicted octanol–water partition coefficient (Wildman–Crippen LogP) is 9.98. The van der Waals surface area contributed by atoms with E-state index in [1.54, 1.807) is 44.7 Å². The Morgan fingerprint density at radius 1 is 0.701 bits per heavy atom. The fraction of sp³-hybridized carbons (Fsp3) is 0.269. The van der Waals surface area contributed by atoms with Gasteiger partial charge in [-0.2, -0.15) is 0 Å². The minimum atomic E-state index is -0.492. The normalized spacial score (nSPS) is 12.2. The molecule has 0 saturated heterocycles. The van der Waals surface area contributed by atoms with Gasteiger partial charge in [-0.15, -0.1) is 4.98 Å². The maximum absolute atomic E-state index is 11.1. The molecule has 5 heterocycles. The third-order valence-corrected chi connectivity index (χ3v) is 10.9. The Morgan fingerprint density at radius 3 is 2.00 bits per heavy atom. The van der Waals surface area contributed by atoms with Gasteiger partial charge in [-0.25, -0.2) is 4.98 Å². The quantitative estimate of drug-likeness (QED) is 0.0276. The smallest absolute Gasteiger partial charge is 0.292 e. The lowest BCUT2D eigenvalue weighted by Crippen LogP contribution is -2.04. The van der Waals surface area contributed by atoms with Crippen LogP contribution in [0.1, 0.15) is 46.4 Å². The summed E-state index contributed by atoms with van der Waals surface area (Å²) in [6.45, 7) is 10.5. The Labute approximate surface area is 389 Å². The molecule has 7 aromatic rings. The first kappa shape index (κ1) is 47.5. The van der Waals surface area contributed by atoms with E-state index in [0.29, 0.717) is 50.2 Å². The van der Waals surface area contributed by atoms with Crippen molar-refractivity contribution >= 4 is 51.0 Å². The molecule has 2 aliphatic rings. The highest BCUT2D eigenvalue weighted by atomic mass is 16.6.